The van der Waals surface area contributed by atoms with Crippen molar-refractivity contribution in [3.8, 4) is 0 Å². The maximum Gasteiger partial charge on any atom is 0.444 e. The molecule has 1 N–H and O–H groups in total. The van der Waals surface area contributed by atoms with E-state index in [2.05, 4.69) is 41.4 Å². The van der Waals surface area contributed by atoms with E-state index in [4.69, 9.17) is 0 Å². The molecule has 0 radical (unpaired) electrons. The monoisotopic (exact) mass is 369 g/mol. The van der Waals surface area contributed by atoms with Gasteiger partial charge >= 0.3 is 5.82 Å². The largest absolute Gasteiger partial charge is 0.444 e. The van der Waals surface area contributed by atoms with E-state index in [0.717, 1.165) is 6.07 Å². The van der Waals surface area contributed by atoms with E-state index < -0.39 is 28.4 Å². The summed E-state index contributed by atoms with van der Waals surface area (Å²) in [6, 6.07) is 3.93. The lowest BCUT2D eigenvalue weighted by Gasteiger charge is -2.09. The Morgan fingerprint density at radius 2 is 2.18 bits per heavy atom. The zero-order valence-electron chi connectivity index (χ0n) is 10.5. The zero-order valence-corrected chi connectivity index (χ0v) is 12.1. The number of hydrogen-bond acceptors (Lipinski definition) is 7. The molecule has 0 saturated heterocycles. The molecule has 0 fully saturated rings. The quantitative estimate of drug-likeness (QED) is 0.645. The predicted octanol–water partition coefficient (Wildman–Crippen LogP) is 1.50. The Morgan fingerprint density at radius 3 is 2.86 bits per heavy atom. The standard InChI is InChI=1S/C11H5BrFN5O4/c12-5-3-4(1-2-6(5)13)7-8(14-15-11(7)19)9-10(18(20)21)17-22-16-9/h1-3,7H,(H,15,19). The number of amides is 1. The van der Waals surface area contributed by atoms with Gasteiger partial charge in [0.05, 0.1) is 4.47 Å². The van der Waals surface area contributed by atoms with Gasteiger partial charge in [0.25, 0.3) is 5.91 Å². The molecule has 1 aromatic heterocycles. The molecule has 2 aromatic rings. The second-order valence-electron chi connectivity index (χ2n) is 4.27. The topological polar surface area (TPSA) is 124 Å². The molecule has 0 saturated carbocycles. The number of carbonyl (C=O) groups excluding carboxylic acids is 1. The van der Waals surface area contributed by atoms with Crippen molar-refractivity contribution in [2.24, 2.45) is 5.10 Å². The van der Waals surface area contributed by atoms with E-state index >= 15 is 0 Å². The highest BCUT2D eigenvalue weighted by Crippen LogP contribution is 2.30. The van der Waals surface area contributed by atoms with E-state index in [9.17, 15) is 19.3 Å². The lowest BCUT2D eigenvalue weighted by molar-refractivity contribution is -0.391. The van der Waals surface area contributed by atoms with E-state index in [0.29, 0.717) is 5.56 Å². The van der Waals surface area contributed by atoms with E-state index in [1.807, 2.05) is 0 Å². The van der Waals surface area contributed by atoms with Crippen molar-refractivity contribution in [3.05, 3.63) is 49.9 Å². The minimum absolute atomic E-state index is 0.0172. The van der Waals surface area contributed by atoms with E-state index in [-0.39, 0.29) is 15.9 Å². The summed E-state index contributed by atoms with van der Waals surface area (Å²) < 4.78 is 17.8. The lowest BCUT2D eigenvalue weighted by Crippen LogP contribution is -2.22. The maximum atomic E-state index is 13.3. The Hall–Kier alpha value is -2.69. The van der Waals surface area contributed by atoms with Crippen LogP contribution in [-0.4, -0.2) is 26.9 Å². The van der Waals surface area contributed by atoms with Crippen LogP contribution in [0.2, 0.25) is 0 Å². The normalized spacial score (nSPS) is 17.3. The average Bonchev–Trinajstić information content (AvgIpc) is 3.08. The summed E-state index contributed by atoms with van der Waals surface area (Å²) in [5.74, 6) is -2.66. The maximum absolute atomic E-state index is 13.3. The molecule has 1 aliphatic rings. The van der Waals surface area contributed by atoms with Crippen molar-refractivity contribution >= 4 is 33.4 Å². The Kier molecular flexibility index (Phi) is 3.41. The first-order chi connectivity index (χ1) is 10.5. The van der Waals surface area contributed by atoms with Gasteiger partial charge in [-0.25, -0.2) is 9.82 Å². The van der Waals surface area contributed by atoms with Crippen LogP contribution in [-0.2, 0) is 4.79 Å². The van der Waals surface area contributed by atoms with Crippen LogP contribution in [0.1, 0.15) is 17.2 Å². The fourth-order valence-corrected chi connectivity index (χ4v) is 2.42. The minimum Gasteiger partial charge on any atom is -0.358 e. The number of hydrazone groups is 1. The van der Waals surface area contributed by atoms with Gasteiger partial charge in [-0.1, -0.05) is 6.07 Å². The van der Waals surface area contributed by atoms with Gasteiger partial charge in [0.15, 0.2) is 5.16 Å². The van der Waals surface area contributed by atoms with Crippen molar-refractivity contribution in [2.45, 2.75) is 5.92 Å². The minimum atomic E-state index is -0.984. The van der Waals surface area contributed by atoms with Crippen LogP contribution in [0.3, 0.4) is 0 Å². The molecule has 3 rings (SSSR count). The van der Waals surface area contributed by atoms with Gasteiger partial charge < -0.3 is 10.1 Å². The predicted molar refractivity (Wildman–Crippen MR) is 72.5 cm³/mol. The highest BCUT2D eigenvalue weighted by atomic mass is 79.9. The third-order valence-electron chi connectivity index (χ3n) is 2.99. The van der Waals surface area contributed by atoms with E-state index in [1.165, 1.54) is 12.1 Å². The summed E-state index contributed by atoms with van der Waals surface area (Å²) in [7, 11) is 0. The summed E-state index contributed by atoms with van der Waals surface area (Å²) in [5, 5.41) is 21.2. The molecule has 0 aliphatic carbocycles. The van der Waals surface area contributed by atoms with Crippen molar-refractivity contribution in [1.29, 1.82) is 0 Å². The van der Waals surface area contributed by atoms with Gasteiger partial charge in [0.2, 0.25) is 5.69 Å². The number of halogens is 2. The van der Waals surface area contributed by atoms with Gasteiger partial charge in [-0.15, -0.1) is 4.63 Å². The molecule has 11 heteroatoms. The Balaban J connectivity index is 2.07. The highest BCUT2D eigenvalue weighted by Gasteiger charge is 2.39. The molecule has 2 heterocycles. The first-order valence-corrected chi connectivity index (χ1v) is 6.58. The van der Waals surface area contributed by atoms with Crippen LogP contribution in [0.5, 0.6) is 0 Å². The van der Waals surface area contributed by atoms with Crippen LogP contribution in [0.4, 0.5) is 10.2 Å². The smallest absolute Gasteiger partial charge is 0.358 e. The molecule has 1 unspecified atom stereocenters. The second kappa shape index (κ2) is 5.26. The number of nitro groups is 1. The van der Waals surface area contributed by atoms with Crippen molar-refractivity contribution in [1.82, 2.24) is 15.7 Å². The fraction of sp³-hybridized carbons (Fsp3) is 0.0909. The number of carbonyl (C=O) groups is 1. The Labute approximate surface area is 129 Å². The number of nitrogens with one attached hydrogen (secondary N) is 1. The average molecular weight is 370 g/mol. The molecule has 1 aromatic carbocycles. The van der Waals surface area contributed by atoms with Crippen molar-refractivity contribution < 1.29 is 18.7 Å². The van der Waals surface area contributed by atoms with Crippen molar-refractivity contribution in [3.63, 3.8) is 0 Å². The molecule has 1 amide bonds. The van der Waals surface area contributed by atoms with Crippen LogP contribution in [0.15, 0.2) is 32.4 Å². The van der Waals surface area contributed by atoms with Crippen molar-refractivity contribution in [2.75, 3.05) is 0 Å². The summed E-state index contributed by atoms with van der Waals surface area (Å²) in [6.45, 7) is 0. The van der Waals surface area contributed by atoms with Gasteiger partial charge in [-0.2, -0.15) is 5.10 Å². The molecule has 112 valence electrons. The molecule has 1 aliphatic heterocycles. The van der Waals surface area contributed by atoms with Gasteiger partial charge in [-0.05, 0) is 43.7 Å². The Bertz CT molecular complexity index is 821. The van der Waals surface area contributed by atoms with E-state index in [1.54, 1.807) is 0 Å². The third kappa shape index (κ3) is 2.24. The van der Waals surface area contributed by atoms with Crippen LogP contribution >= 0.6 is 15.9 Å². The summed E-state index contributed by atoms with van der Waals surface area (Å²) in [5.41, 5.74) is 2.33. The molecular formula is C11H5BrFN5O4. The highest BCUT2D eigenvalue weighted by molar-refractivity contribution is 9.10. The summed E-state index contributed by atoms with van der Waals surface area (Å²) in [6.07, 6.45) is 0. The van der Waals surface area contributed by atoms with Crippen LogP contribution < -0.4 is 5.43 Å². The molecule has 1 atom stereocenters. The molecule has 0 spiro atoms. The number of aromatic nitrogens is 2. The van der Waals surface area contributed by atoms with Gasteiger partial charge in [0, 0.05) is 0 Å². The summed E-state index contributed by atoms with van der Waals surface area (Å²) >= 11 is 3.02. The van der Waals surface area contributed by atoms with Gasteiger partial charge in [-0.3, -0.25) is 4.79 Å². The summed E-state index contributed by atoms with van der Waals surface area (Å²) in [4.78, 5) is 22.1. The molecule has 0 bridgehead atoms. The number of hydrogen-bond donors (Lipinski definition) is 1. The molecule has 22 heavy (non-hydrogen) atoms. The molecule has 9 nitrogen and oxygen atoms in total. The zero-order chi connectivity index (χ0) is 15.9. The number of rotatable bonds is 3. The Morgan fingerprint density at radius 1 is 1.41 bits per heavy atom. The first kappa shape index (κ1) is 14.3. The van der Waals surface area contributed by atoms with Crippen LogP contribution in [0.25, 0.3) is 0 Å². The third-order valence-corrected chi connectivity index (χ3v) is 3.59. The number of benzene rings is 1. The fourth-order valence-electron chi connectivity index (χ4n) is 2.02. The van der Waals surface area contributed by atoms with Gasteiger partial charge in [0.1, 0.15) is 17.4 Å². The number of nitrogens with zero attached hydrogens (tertiary/aromatic N) is 4. The second-order valence-corrected chi connectivity index (χ2v) is 5.13. The SMILES string of the molecule is O=C1NN=C(c2nonc2[N+](=O)[O-])C1c1ccc(F)c(Br)c1. The van der Waals surface area contributed by atoms with Crippen LogP contribution in [0, 0.1) is 15.9 Å². The first-order valence-electron chi connectivity index (χ1n) is 5.78. The lowest BCUT2D eigenvalue weighted by atomic mass is 9.92. The molecular weight excluding hydrogens is 365 g/mol.